The molecule has 0 aromatic carbocycles. The molecule has 0 radical (unpaired) electrons. The van der Waals surface area contributed by atoms with E-state index in [1.54, 1.807) is 6.20 Å². The van der Waals surface area contributed by atoms with Crippen LogP contribution in [0.4, 0.5) is 0 Å². The van der Waals surface area contributed by atoms with Crippen molar-refractivity contribution in [1.82, 2.24) is 14.5 Å². The minimum atomic E-state index is -0.999. The highest BCUT2D eigenvalue weighted by Gasteiger charge is 2.13. The molecule has 2 aromatic rings. The van der Waals surface area contributed by atoms with Crippen LogP contribution in [0, 0.1) is 6.92 Å². The highest BCUT2D eigenvalue weighted by atomic mass is 16.4. The van der Waals surface area contributed by atoms with Gasteiger partial charge in [0.05, 0.1) is 11.7 Å². The van der Waals surface area contributed by atoms with Crippen molar-refractivity contribution >= 4 is 17.0 Å². The average Bonchev–Trinajstić information content (AvgIpc) is 2.43. The van der Waals surface area contributed by atoms with Crippen LogP contribution in [-0.2, 0) is 7.05 Å². The summed E-state index contributed by atoms with van der Waals surface area (Å²) in [5.41, 5.74) is 1.38. The van der Waals surface area contributed by atoms with Crippen LogP contribution in [0.5, 0.6) is 0 Å². The zero-order valence-electron chi connectivity index (χ0n) is 7.85. The molecule has 2 heterocycles. The van der Waals surface area contributed by atoms with E-state index < -0.39 is 5.97 Å². The van der Waals surface area contributed by atoms with Gasteiger partial charge >= 0.3 is 5.97 Å². The molecule has 0 unspecified atom stereocenters. The summed E-state index contributed by atoms with van der Waals surface area (Å²) in [6.07, 6.45) is 2.93. The van der Waals surface area contributed by atoms with Gasteiger partial charge in [0.25, 0.3) is 0 Å². The number of carboxylic acid groups (broad SMARTS) is 1. The van der Waals surface area contributed by atoms with Gasteiger partial charge in [0.15, 0.2) is 0 Å². The fraction of sp³-hybridized carbons (Fsp3) is 0.222. The Morgan fingerprint density at radius 1 is 1.50 bits per heavy atom. The van der Waals surface area contributed by atoms with Crippen LogP contribution in [0.2, 0.25) is 0 Å². The lowest BCUT2D eigenvalue weighted by Gasteiger charge is -1.96. The second-order valence-corrected chi connectivity index (χ2v) is 3.08. The molecular weight excluding hydrogens is 182 g/mol. The quantitative estimate of drug-likeness (QED) is 0.729. The van der Waals surface area contributed by atoms with E-state index in [-0.39, 0.29) is 5.56 Å². The van der Waals surface area contributed by atoms with Crippen molar-refractivity contribution in [1.29, 1.82) is 0 Å². The molecule has 0 spiro atoms. The highest BCUT2D eigenvalue weighted by molar-refractivity contribution is 6.00. The molecule has 0 atom stereocenters. The molecule has 5 nitrogen and oxygen atoms in total. The predicted octanol–water partition coefficient (Wildman–Crippen LogP) is 0.975. The van der Waals surface area contributed by atoms with Gasteiger partial charge in [-0.2, -0.15) is 0 Å². The maximum Gasteiger partial charge on any atom is 0.339 e. The van der Waals surface area contributed by atoms with Crippen molar-refractivity contribution in [2.24, 2.45) is 7.05 Å². The van der Waals surface area contributed by atoms with Gasteiger partial charge in [0, 0.05) is 13.2 Å². The molecule has 2 aromatic heterocycles. The molecule has 0 saturated heterocycles. The summed E-state index contributed by atoms with van der Waals surface area (Å²) in [4.78, 5) is 18.9. The number of aromatic nitrogens is 3. The summed E-state index contributed by atoms with van der Waals surface area (Å²) in [5, 5.41) is 8.89. The first-order valence-electron chi connectivity index (χ1n) is 4.11. The van der Waals surface area contributed by atoms with Crippen molar-refractivity contribution < 1.29 is 9.90 Å². The lowest BCUT2D eigenvalue weighted by atomic mass is 10.2. The summed E-state index contributed by atoms with van der Waals surface area (Å²) in [7, 11) is 1.83. The maximum atomic E-state index is 10.8. The summed E-state index contributed by atoms with van der Waals surface area (Å²) in [6, 6.07) is 0. The van der Waals surface area contributed by atoms with Gasteiger partial charge in [0.2, 0.25) is 0 Å². The Morgan fingerprint density at radius 3 is 2.86 bits per heavy atom. The minimum Gasteiger partial charge on any atom is -0.478 e. The van der Waals surface area contributed by atoms with Crippen LogP contribution >= 0.6 is 0 Å². The molecule has 0 amide bonds. The fourth-order valence-corrected chi connectivity index (χ4v) is 1.37. The lowest BCUT2D eigenvalue weighted by molar-refractivity contribution is 0.0698. The second kappa shape index (κ2) is 2.80. The molecule has 0 bridgehead atoms. The summed E-state index contributed by atoms with van der Waals surface area (Å²) in [5.74, 6) is -0.225. The third-order valence-electron chi connectivity index (χ3n) is 2.25. The molecule has 0 aliphatic carbocycles. The summed E-state index contributed by atoms with van der Waals surface area (Å²) in [6.45, 7) is 1.83. The first-order chi connectivity index (χ1) is 6.61. The highest BCUT2D eigenvalue weighted by Crippen LogP contribution is 2.17. The van der Waals surface area contributed by atoms with Crippen molar-refractivity contribution in [3.05, 3.63) is 23.8 Å². The zero-order valence-corrected chi connectivity index (χ0v) is 7.85. The van der Waals surface area contributed by atoms with Gasteiger partial charge in [-0.1, -0.05) is 0 Å². The molecule has 0 fully saturated rings. The normalized spacial score (nSPS) is 10.7. The molecule has 0 aliphatic heterocycles. The fourth-order valence-electron chi connectivity index (χ4n) is 1.37. The largest absolute Gasteiger partial charge is 0.478 e. The van der Waals surface area contributed by atoms with Gasteiger partial charge in [-0.15, -0.1) is 0 Å². The van der Waals surface area contributed by atoms with Crippen molar-refractivity contribution in [2.75, 3.05) is 0 Å². The number of imidazole rings is 1. The number of pyridine rings is 1. The Hall–Kier alpha value is -1.91. The first-order valence-corrected chi connectivity index (χ1v) is 4.11. The van der Waals surface area contributed by atoms with Gasteiger partial charge in [-0.25, -0.2) is 9.78 Å². The number of carbonyl (C=O) groups is 1. The van der Waals surface area contributed by atoms with Crippen molar-refractivity contribution in [3.8, 4) is 0 Å². The Labute approximate surface area is 80.0 Å². The summed E-state index contributed by atoms with van der Waals surface area (Å²) < 4.78 is 1.81. The SMILES string of the molecule is Cc1nc2c(C(=O)O)cncc2n1C. The molecule has 72 valence electrons. The maximum absolute atomic E-state index is 10.8. The summed E-state index contributed by atoms with van der Waals surface area (Å²) >= 11 is 0. The Bertz CT molecular complexity index is 516. The van der Waals surface area contributed by atoms with E-state index in [9.17, 15) is 4.79 Å². The first kappa shape index (κ1) is 8.68. The smallest absolute Gasteiger partial charge is 0.339 e. The second-order valence-electron chi connectivity index (χ2n) is 3.08. The topological polar surface area (TPSA) is 68.0 Å². The molecular formula is C9H9N3O2. The van der Waals surface area contributed by atoms with Gasteiger partial charge in [-0.3, -0.25) is 4.98 Å². The molecule has 14 heavy (non-hydrogen) atoms. The molecule has 5 heteroatoms. The average molecular weight is 191 g/mol. The van der Waals surface area contributed by atoms with Crippen LogP contribution in [-0.4, -0.2) is 25.6 Å². The predicted molar refractivity (Wildman–Crippen MR) is 50.2 cm³/mol. The monoisotopic (exact) mass is 191 g/mol. The molecule has 0 aliphatic rings. The number of hydrogen-bond donors (Lipinski definition) is 1. The third kappa shape index (κ3) is 1.06. The van der Waals surface area contributed by atoms with Crippen LogP contribution in [0.1, 0.15) is 16.2 Å². The van der Waals surface area contributed by atoms with Gasteiger partial charge in [-0.05, 0) is 6.92 Å². The molecule has 0 saturated carbocycles. The van der Waals surface area contributed by atoms with Crippen LogP contribution in [0.3, 0.4) is 0 Å². The van der Waals surface area contributed by atoms with Crippen molar-refractivity contribution in [2.45, 2.75) is 6.92 Å². The van der Waals surface area contributed by atoms with E-state index in [2.05, 4.69) is 9.97 Å². The van der Waals surface area contributed by atoms with Gasteiger partial charge < -0.3 is 9.67 Å². The van der Waals surface area contributed by atoms with E-state index >= 15 is 0 Å². The number of aryl methyl sites for hydroxylation is 2. The van der Waals surface area contributed by atoms with Crippen LogP contribution in [0.25, 0.3) is 11.0 Å². The zero-order chi connectivity index (χ0) is 10.3. The van der Waals surface area contributed by atoms with E-state index in [4.69, 9.17) is 5.11 Å². The van der Waals surface area contributed by atoms with E-state index in [0.29, 0.717) is 5.52 Å². The van der Waals surface area contributed by atoms with Crippen LogP contribution < -0.4 is 0 Å². The number of hydrogen-bond acceptors (Lipinski definition) is 3. The minimum absolute atomic E-state index is 0.145. The van der Waals surface area contributed by atoms with Gasteiger partial charge in [0.1, 0.15) is 16.9 Å². The molecule has 2 rings (SSSR count). The Balaban J connectivity index is 2.88. The van der Waals surface area contributed by atoms with E-state index in [1.807, 2.05) is 18.5 Å². The Kier molecular flexibility index (Phi) is 1.73. The number of fused-ring (bicyclic) bond motifs is 1. The van der Waals surface area contributed by atoms with Crippen LogP contribution in [0.15, 0.2) is 12.4 Å². The number of nitrogens with zero attached hydrogens (tertiary/aromatic N) is 3. The molecule has 1 N–H and O–H groups in total. The lowest BCUT2D eigenvalue weighted by Crippen LogP contribution is -1.98. The number of aromatic carboxylic acids is 1. The third-order valence-corrected chi connectivity index (χ3v) is 2.25. The van der Waals surface area contributed by atoms with E-state index in [0.717, 1.165) is 11.3 Å². The number of carboxylic acids is 1. The van der Waals surface area contributed by atoms with Crippen molar-refractivity contribution in [3.63, 3.8) is 0 Å². The standard InChI is InChI=1S/C9H9N3O2/c1-5-11-8-6(9(13)14)3-10-4-7(8)12(5)2/h3-4H,1-2H3,(H,13,14). The number of rotatable bonds is 1. The van der Waals surface area contributed by atoms with E-state index in [1.165, 1.54) is 6.20 Å². The Morgan fingerprint density at radius 2 is 2.21 bits per heavy atom.